The van der Waals surface area contributed by atoms with Crippen molar-refractivity contribution in [1.29, 1.82) is 0 Å². The Kier molecular flexibility index (Phi) is 7.93. The molecule has 0 radical (unpaired) electrons. The van der Waals surface area contributed by atoms with Gasteiger partial charge in [0.1, 0.15) is 11.9 Å². The Morgan fingerprint density at radius 3 is 2.34 bits per heavy atom. The number of hydrogen-bond donors (Lipinski definition) is 0. The number of halogens is 4. The second-order valence-electron chi connectivity index (χ2n) is 8.14. The normalized spacial score (nSPS) is 19.1. The number of carbonyl (C=O) groups is 1. The predicted molar refractivity (Wildman–Crippen MR) is 114 cm³/mol. The summed E-state index contributed by atoms with van der Waals surface area (Å²) in [5.41, 5.74) is -1.09. The fourth-order valence-corrected chi connectivity index (χ4v) is 4.03. The van der Waals surface area contributed by atoms with Crippen molar-refractivity contribution in [1.82, 2.24) is 0 Å². The maximum absolute atomic E-state index is 14.6. The van der Waals surface area contributed by atoms with Gasteiger partial charge >= 0.3 is 12.1 Å². The van der Waals surface area contributed by atoms with E-state index in [0.29, 0.717) is 19.4 Å². The van der Waals surface area contributed by atoms with Crippen LogP contribution in [0.15, 0.2) is 36.4 Å². The molecule has 1 aliphatic rings. The van der Waals surface area contributed by atoms with Crippen LogP contribution in [0.2, 0.25) is 0 Å². The van der Waals surface area contributed by atoms with Crippen molar-refractivity contribution in [3.05, 3.63) is 58.9 Å². The molecule has 0 aliphatic carbocycles. The summed E-state index contributed by atoms with van der Waals surface area (Å²) in [7, 11) is 0. The Labute approximate surface area is 185 Å². The number of ether oxygens (including phenoxy) is 2. The van der Waals surface area contributed by atoms with E-state index in [0.717, 1.165) is 19.3 Å². The molecular weight excluding hydrogens is 424 g/mol. The molecule has 3 nitrogen and oxygen atoms in total. The molecule has 0 amide bonds. The van der Waals surface area contributed by atoms with Crippen LogP contribution in [0.5, 0.6) is 0 Å². The first kappa shape index (κ1) is 24.2. The van der Waals surface area contributed by atoms with E-state index in [1.165, 1.54) is 36.4 Å². The minimum atomic E-state index is -4.84. The largest absolute Gasteiger partial charge is 0.456 e. The summed E-state index contributed by atoms with van der Waals surface area (Å²) in [4.78, 5) is 12.4. The minimum absolute atomic E-state index is 0.0413. The van der Waals surface area contributed by atoms with Crippen molar-refractivity contribution in [3.63, 3.8) is 0 Å². The highest BCUT2D eigenvalue weighted by atomic mass is 19.4. The maximum atomic E-state index is 14.6. The van der Waals surface area contributed by atoms with Crippen molar-refractivity contribution in [2.45, 2.75) is 70.8 Å². The summed E-state index contributed by atoms with van der Waals surface area (Å²) in [6.07, 6.45) is -0.673. The number of rotatable bonds is 7. The molecule has 0 spiro atoms. The van der Waals surface area contributed by atoms with Crippen LogP contribution in [-0.4, -0.2) is 24.8 Å². The van der Waals surface area contributed by atoms with Crippen molar-refractivity contribution < 1.29 is 31.8 Å². The highest BCUT2D eigenvalue weighted by Crippen LogP contribution is 2.40. The molecule has 1 saturated heterocycles. The average Bonchev–Trinajstić information content (AvgIpc) is 2.76. The summed E-state index contributed by atoms with van der Waals surface area (Å²) in [5.74, 6) is -1.79. The van der Waals surface area contributed by atoms with Gasteiger partial charge in [0, 0.05) is 0 Å². The molecule has 32 heavy (non-hydrogen) atoms. The van der Waals surface area contributed by atoms with Gasteiger partial charge in [-0.05, 0) is 54.5 Å². The van der Waals surface area contributed by atoms with Crippen molar-refractivity contribution in [2.24, 2.45) is 0 Å². The zero-order valence-corrected chi connectivity index (χ0v) is 18.3. The standard InChI is InChI=1S/C25H28F4O3/c1-3-5-17-11-14-21(22(23(17)26)25(27,28)29)16-7-9-18(10-8-16)24(30)32-20-13-12-19(6-4-2)31-15-20/h7-11,14,19-20H,3-6,12-13,15H2,1-2H3. The fourth-order valence-electron chi connectivity index (χ4n) is 4.03. The van der Waals surface area contributed by atoms with Gasteiger partial charge in [-0.25, -0.2) is 9.18 Å². The Morgan fingerprint density at radius 1 is 1.06 bits per heavy atom. The summed E-state index contributed by atoms with van der Waals surface area (Å²) in [6.45, 7) is 4.21. The molecule has 0 N–H and O–H groups in total. The first-order chi connectivity index (χ1) is 15.2. The van der Waals surface area contributed by atoms with Crippen LogP contribution in [0.3, 0.4) is 0 Å². The van der Waals surface area contributed by atoms with Crippen LogP contribution >= 0.6 is 0 Å². The smallest absolute Gasteiger partial charge is 0.419 e. The van der Waals surface area contributed by atoms with E-state index in [2.05, 4.69) is 6.92 Å². The molecule has 0 bridgehead atoms. The number of benzene rings is 2. The number of carbonyl (C=O) groups excluding carboxylic acids is 1. The topological polar surface area (TPSA) is 35.5 Å². The minimum Gasteiger partial charge on any atom is -0.456 e. The Hall–Kier alpha value is -2.41. The molecule has 0 aromatic heterocycles. The zero-order chi connectivity index (χ0) is 23.3. The third-order valence-electron chi connectivity index (χ3n) is 5.67. The lowest BCUT2D eigenvalue weighted by Gasteiger charge is -2.28. The Morgan fingerprint density at radius 2 is 1.78 bits per heavy atom. The van der Waals surface area contributed by atoms with Crippen LogP contribution in [0.4, 0.5) is 17.6 Å². The number of esters is 1. The lowest BCUT2D eigenvalue weighted by Crippen LogP contribution is -2.32. The van der Waals surface area contributed by atoms with Crippen LogP contribution in [0, 0.1) is 5.82 Å². The maximum Gasteiger partial charge on any atom is 0.419 e. The molecule has 3 rings (SSSR count). The van der Waals surface area contributed by atoms with Gasteiger partial charge < -0.3 is 9.47 Å². The zero-order valence-electron chi connectivity index (χ0n) is 18.3. The monoisotopic (exact) mass is 452 g/mol. The first-order valence-corrected chi connectivity index (χ1v) is 11.1. The summed E-state index contributed by atoms with van der Waals surface area (Å²) < 4.78 is 66.7. The lowest BCUT2D eigenvalue weighted by atomic mass is 9.94. The second kappa shape index (κ2) is 10.5. The SMILES string of the molecule is CCCc1ccc(-c2ccc(C(=O)OC3CCC(CCC)OC3)cc2)c(C(F)(F)F)c1F. The Balaban J connectivity index is 1.76. The van der Waals surface area contributed by atoms with Crippen LogP contribution in [-0.2, 0) is 22.1 Å². The van der Waals surface area contributed by atoms with Gasteiger partial charge in [-0.15, -0.1) is 0 Å². The van der Waals surface area contributed by atoms with E-state index in [9.17, 15) is 22.4 Å². The summed E-state index contributed by atoms with van der Waals surface area (Å²) >= 11 is 0. The molecule has 2 aromatic rings. The highest BCUT2D eigenvalue weighted by Gasteiger charge is 2.38. The molecule has 1 fully saturated rings. The van der Waals surface area contributed by atoms with Gasteiger partial charge in [0.2, 0.25) is 0 Å². The Bertz CT molecular complexity index is 914. The van der Waals surface area contributed by atoms with E-state index in [1.807, 2.05) is 0 Å². The van der Waals surface area contributed by atoms with E-state index in [-0.39, 0.29) is 40.9 Å². The first-order valence-electron chi connectivity index (χ1n) is 11.1. The molecule has 0 saturated carbocycles. The van der Waals surface area contributed by atoms with Crippen molar-refractivity contribution >= 4 is 5.97 Å². The number of alkyl halides is 3. The number of aryl methyl sites for hydroxylation is 1. The van der Waals surface area contributed by atoms with Crippen LogP contribution in [0.1, 0.15) is 67.4 Å². The third kappa shape index (κ3) is 5.68. The van der Waals surface area contributed by atoms with Gasteiger partial charge in [-0.3, -0.25) is 0 Å². The quantitative estimate of drug-likeness (QED) is 0.336. The van der Waals surface area contributed by atoms with Gasteiger partial charge in [-0.1, -0.05) is 51.0 Å². The second-order valence-corrected chi connectivity index (χ2v) is 8.14. The van der Waals surface area contributed by atoms with E-state index < -0.39 is 23.5 Å². The van der Waals surface area contributed by atoms with Gasteiger partial charge in [0.25, 0.3) is 0 Å². The molecule has 174 valence electrons. The van der Waals surface area contributed by atoms with E-state index >= 15 is 0 Å². The molecule has 1 heterocycles. The fraction of sp³-hybridized carbons (Fsp3) is 0.480. The molecule has 2 aromatic carbocycles. The van der Waals surface area contributed by atoms with Gasteiger partial charge in [0.05, 0.1) is 23.8 Å². The summed E-state index contributed by atoms with van der Waals surface area (Å²) in [5, 5.41) is 0. The predicted octanol–water partition coefficient (Wildman–Crippen LogP) is 6.97. The van der Waals surface area contributed by atoms with Crippen molar-refractivity contribution in [3.8, 4) is 11.1 Å². The van der Waals surface area contributed by atoms with Crippen molar-refractivity contribution in [2.75, 3.05) is 6.61 Å². The molecular formula is C25H28F4O3. The van der Waals surface area contributed by atoms with Crippen LogP contribution in [0.25, 0.3) is 11.1 Å². The third-order valence-corrected chi connectivity index (χ3v) is 5.67. The molecule has 2 unspecified atom stereocenters. The molecule has 1 aliphatic heterocycles. The lowest BCUT2D eigenvalue weighted by molar-refractivity contribution is -0.139. The van der Waals surface area contributed by atoms with Gasteiger partial charge in [0.15, 0.2) is 0 Å². The van der Waals surface area contributed by atoms with Crippen LogP contribution < -0.4 is 0 Å². The highest BCUT2D eigenvalue weighted by molar-refractivity contribution is 5.90. The average molecular weight is 452 g/mol. The summed E-state index contributed by atoms with van der Waals surface area (Å²) in [6, 6.07) is 8.25. The van der Waals surface area contributed by atoms with E-state index in [4.69, 9.17) is 9.47 Å². The number of hydrogen-bond acceptors (Lipinski definition) is 3. The molecule has 2 atom stereocenters. The molecule has 7 heteroatoms. The van der Waals surface area contributed by atoms with E-state index in [1.54, 1.807) is 6.92 Å². The van der Waals surface area contributed by atoms with Gasteiger partial charge in [-0.2, -0.15) is 13.2 Å².